The van der Waals surface area contributed by atoms with Crippen LogP contribution in [0.15, 0.2) is 40.9 Å². The molecule has 0 saturated carbocycles. The van der Waals surface area contributed by atoms with Crippen molar-refractivity contribution in [2.75, 3.05) is 0 Å². The molecule has 0 N–H and O–H groups in total. The zero-order valence-electron chi connectivity index (χ0n) is 7.38. The highest BCUT2D eigenvalue weighted by Gasteiger charge is 2.32. The van der Waals surface area contributed by atoms with Crippen LogP contribution in [0.2, 0.25) is 0 Å². The molecule has 0 aliphatic rings. The van der Waals surface area contributed by atoms with Crippen molar-refractivity contribution in [3.8, 4) is 0 Å². The summed E-state index contributed by atoms with van der Waals surface area (Å²) in [6.45, 7) is 0. The van der Waals surface area contributed by atoms with Gasteiger partial charge in [0.15, 0.2) is 5.78 Å². The van der Waals surface area contributed by atoms with E-state index in [1.165, 1.54) is 12.1 Å². The van der Waals surface area contributed by atoms with Gasteiger partial charge in [0.05, 0.1) is 0 Å². The highest BCUT2D eigenvalue weighted by atomic mass is 79.9. The fourth-order valence-electron chi connectivity index (χ4n) is 0.883. The molecule has 15 heavy (non-hydrogen) atoms. The van der Waals surface area contributed by atoms with Crippen LogP contribution in [-0.4, -0.2) is 12.0 Å². The van der Waals surface area contributed by atoms with E-state index in [0.29, 0.717) is 6.08 Å². The molecule has 80 valence electrons. The molecule has 0 aliphatic heterocycles. The minimum Gasteiger partial charge on any atom is -0.289 e. The van der Waals surface area contributed by atoms with Gasteiger partial charge in [0.1, 0.15) is 4.48 Å². The van der Waals surface area contributed by atoms with Crippen molar-refractivity contribution in [1.29, 1.82) is 0 Å². The third-order valence-electron chi connectivity index (χ3n) is 1.59. The van der Waals surface area contributed by atoms with Gasteiger partial charge in [0, 0.05) is 11.6 Å². The molecular weight excluding hydrogens is 273 g/mol. The van der Waals surface area contributed by atoms with Gasteiger partial charge in [-0.1, -0.05) is 30.3 Å². The highest BCUT2D eigenvalue weighted by molar-refractivity contribution is 9.11. The molecule has 0 aliphatic carbocycles. The lowest BCUT2D eigenvalue weighted by molar-refractivity contribution is -0.0829. The van der Waals surface area contributed by atoms with E-state index in [1.807, 2.05) is 0 Å². The normalized spacial score (nSPS) is 12.7. The molecule has 1 aromatic carbocycles. The maximum Gasteiger partial charge on any atom is 0.422 e. The van der Waals surface area contributed by atoms with E-state index >= 15 is 0 Å². The molecule has 0 atom stereocenters. The van der Waals surface area contributed by atoms with Gasteiger partial charge >= 0.3 is 6.18 Å². The molecular formula is C10H6BrF3O. The van der Waals surface area contributed by atoms with Crippen molar-refractivity contribution in [2.24, 2.45) is 0 Å². The topological polar surface area (TPSA) is 17.1 Å². The molecule has 0 radical (unpaired) electrons. The number of benzene rings is 1. The van der Waals surface area contributed by atoms with E-state index in [4.69, 9.17) is 0 Å². The maximum atomic E-state index is 12.1. The minimum atomic E-state index is -4.52. The summed E-state index contributed by atoms with van der Waals surface area (Å²) < 4.78 is 35.1. The Kier molecular flexibility index (Phi) is 3.68. The Morgan fingerprint density at radius 1 is 1.20 bits per heavy atom. The zero-order chi connectivity index (χ0) is 11.5. The number of allylic oxidation sites excluding steroid dienone is 2. The summed E-state index contributed by atoms with van der Waals surface area (Å²) in [6.07, 6.45) is -4.00. The van der Waals surface area contributed by atoms with E-state index in [0.717, 1.165) is 0 Å². The van der Waals surface area contributed by atoms with E-state index < -0.39 is 16.4 Å². The van der Waals surface area contributed by atoms with Crippen molar-refractivity contribution in [1.82, 2.24) is 0 Å². The molecule has 0 saturated heterocycles. The van der Waals surface area contributed by atoms with Gasteiger partial charge in [-0.05, 0) is 15.9 Å². The smallest absolute Gasteiger partial charge is 0.289 e. The lowest BCUT2D eigenvalue weighted by atomic mass is 10.1. The standard InChI is InChI=1S/C10H6BrF3O/c11-9(10(12,13)14)6-8(15)7-4-2-1-3-5-7/h1-6H/b9-6-. The molecule has 1 nitrogen and oxygen atoms in total. The number of halogens is 4. The van der Waals surface area contributed by atoms with Crippen molar-refractivity contribution in [3.05, 3.63) is 46.5 Å². The number of alkyl halides is 3. The summed E-state index contributed by atoms with van der Waals surface area (Å²) in [6, 6.07) is 7.76. The molecule has 1 aromatic rings. The van der Waals surface area contributed by atoms with Gasteiger partial charge in [-0.2, -0.15) is 13.2 Å². The van der Waals surface area contributed by atoms with Crippen molar-refractivity contribution in [2.45, 2.75) is 6.18 Å². The second-order valence-corrected chi connectivity index (χ2v) is 3.57. The van der Waals surface area contributed by atoms with Crippen LogP contribution < -0.4 is 0 Å². The molecule has 0 heterocycles. The van der Waals surface area contributed by atoms with Gasteiger partial charge in [-0.15, -0.1) is 0 Å². The number of ketones is 1. The SMILES string of the molecule is O=C(/C=C(\Br)C(F)(F)F)c1ccccc1. The fourth-order valence-corrected chi connectivity index (χ4v) is 1.09. The largest absolute Gasteiger partial charge is 0.422 e. The molecule has 0 unspecified atom stereocenters. The Balaban J connectivity index is 2.90. The monoisotopic (exact) mass is 278 g/mol. The van der Waals surface area contributed by atoms with Gasteiger partial charge in [-0.25, -0.2) is 0 Å². The number of carbonyl (C=O) groups excluding carboxylic acids is 1. The Morgan fingerprint density at radius 3 is 2.20 bits per heavy atom. The summed E-state index contributed by atoms with van der Waals surface area (Å²) >= 11 is 2.31. The molecule has 0 fully saturated rings. The van der Waals surface area contributed by atoms with E-state index in [1.54, 1.807) is 18.2 Å². The lowest BCUT2D eigenvalue weighted by Gasteiger charge is -2.03. The van der Waals surface area contributed by atoms with Crippen LogP contribution >= 0.6 is 15.9 Å². The van der Waals surface area contributed by atoms with Crippen LogP contribution in [0.3, 0.4) is 0 Å². The highest BCUT2D eigenvalue weighted by Crippen LogP contribution is 2.30. The first-order valence-corrected chi connectivity index (χ1v) is 4.74. The van der Waals surface area contributed by atoms with E-state index in [-0.39, 0.29) is 5.56 Å². The van der Waals surface area contributed by atoms with Crippen LogP contribution in [0.4, 0.5) is 13.2 Å². The van der Waals surface area contributed by atoms with Gasteiger partial charge < -0.3 is 0 Å². The molecule has 0 bridgehead atoms. The number of hydrogen-bond donors (Lipinski definition) is 0. The van der Waals surface area contributed by atoms with Crippen LogP contribution in [0.5, 0.6) is 0 Å². The average Bonchev–Trinajstić information content (AvgIpc) is 2.17. The average molecular weight is 279 g/mol. The van der Waals surface area contributed by atoms with Crippen molar-refractivity contribution in [3.63, 3.8) is 0 Å². The first kappa shape index (κ1) is 12.0. The summed E-state index contributed by atoms with van der Waals surface area (Å²) in [5.74, 6) is -0.681. The Labute approximate surface area is 92.7 Å². The summed E-state index contributed by atoms with van der Waals surface area (Å²) in [4.78, 5) is 11.3. The lowest BCUT2D eigenvalue weighted by Crippen LogP contribution is -2.08. The van der Waals surface area contributed by atoms with Gasteiger partial charge in [0.25, 0.3) is 0 Å². The third kappa shape index (κ3) is 3.51. The fraction of sp³-hybridized carbons (Fsp3) is 0.100. The van der Waals surface area contributed by atoms with Crippen LogP contribution in [0, 0.1) is 0 Å². The minimum absolute atomic E-state index is 0.221. The number of carbonyl (C=O) groups is 1. The molecule has 1 rings (SSSR count). The van der Waals surface area contributed by atoms with Crippen LogP contribution in [0.25, 0.3) is 0 Å². The van der Waals surface area contributed by atoms with Crippen molar-refractivity contribution >= 4 is 21.7 Å². The molecule has 0 aromatic heterocycles. The summed E-state index contributed by atoms with van der Waals surface area (Å²) in [5, 5.41) is 0. The van der Waals surface area contributed by atoms with Gasteiger partial charge in [-0.3, -0.25) is 4.79 Å². The Hall–Kier alpha value is -1.10. The first-order valence-electron chi connectivity index (χ1n) is 3.95. The summed E-state index contributed by atoms with van der Waals surface area (Å²) in [5.41, 5.74) is 0.221. The number of rotatable bonds is 2. The molecule has 0 amide bonds. The third-order valence-corrected chi connectivity index (χ3v) is 2.27. The summed E-state index contributed by atoms with van der Waals surface area (Å²) in [7, 11) is 0. The first-order chi connectivity index (χ1) is 6.91. The second-order valence-electron chi connectivity index (χ2n) is 2.72. The molecule has 5 heteroatoms. The van der Waals surface area contributed by atoms with E-state index in [9.17, 15) is 18.0 Å². The van der Waals surface area contributed by atoms with E-state index in [2.05, 4.69) is 15.9 Å². The van der Waals surface area contributed by atoms with Crippen LogP contribution in [-0.2, 0) is 0 Å². The van der Waals surface area contributed by atoms with Gasteiger partial charge in [0.2, 0.25) is 0 Å². The maximum absolute atomic E-state index is 12.1. The molecule has 0 spiro atoms. The predicted octanol–water partition coefficient (Wildman–Crippen LogP) is 3.71. The van der Waals surface area contributed by atoms with Crippen molar-refractivity contribution < 1.29 is 18.0 Å². The predicted molar refractivity (Wildman–Crippen MR) is 53.8 cm³/mol. The Morgan fingerprint density at radius 2 is 1.73 bits per heavy atom. The quantitative estimate of drug-likeness (QED) is 0.595. The Bertz CT molecular complexity index is 381. The van der Waals surface area contributed by atoms with Crippen LogP contribution in [0.1, 0.15) is 10.4 Å². The second kappa shape index (κ2) is 4.61. The zero-order valence-corrected chi connectivity index (χ0v) is 8.97. The number of hydrogen-bond acceptors (Lipinski definition) is 1.